The monoisotopic (exact) mass is 445 g/mol. The van der Waals surface area contributed by atoms with Crippen LogP contribution >= 0.6 is 0 Å². The van der Waals surface area contributed by atoms with Crippen molar-refractivity contribution in [2.45, 2.75) is 31.3 Å². The minimum atomic E-state index is -0.588. The molecule has 1 aliphatic heterocycles. The third kappa shape index (κ3) is 6.08. The van der Waals surface area contributed by atoms with E-state index >= 15 is 0 Å². The van der Waals surface area contributed by atoms with Gasteiger partial charge in [-0.3, -0.25) is 4.79 Å². The van der Waals surface area contributed by atoms with Gasteiger partial charge in [-0.1, -0.05) is 36.1 Å². The number of nitrogens with zero attached hydrogens (tertiary/aromatic N) is 1. The summed E-state index contributed by atoms with van der Waals surface area (Å²) in [5.41, 5.74) is 3.57. The van der Waals surface area contributed by atoms with Crippen LogP contribution in [0.25, 0.3) is 0 Å². The van der Waals surface area contributed by atoms with Crippen LogP contribution in [0.2, 0.25) is 0 Å². The van der Waals surface area contributed by atoms with Crippen LogP contribution in [0.3, 0.4) is 0 Å². The second-order valence-corrected chi connectivity index (χ2v) is 8.12. The normalized spacial score (nSPS) is 16.2. The van der Waals surface area contributed by atoms with Crippen LogP contribution in [0, 0.1) is 11.8 Å². The number of aromatic amines is 1. The molecule has 0 saturated carbocycles. The van der Waals surface area contributed by atoms with Gasteiger partial charge in [-0.2, -0.15) is 0 Å². The van der Waals surface area contributed by atoms with Gasteiger partial charge in [0.25, 0.3) is 5.56 Å². The summed E-state index contributed by atoms with van der Waals surface area (Å²) < 4.78 is 5.38. The van der Waals surface area contributed by atoms with Gasteiger partial charge in [-0.25, -0.2) is 4.98 Å². The van der Waals surface area contributed by atoms with Crippen LogP contribution in [-0.4, -0.2) is 46.0 Å². The summed E-state index contributed by atoms with van der Waals surface area (Å²) in [6.45, 7) is 2.31. The number of ether oxygens (including phenoxy) is 1. The minimum Gasteiger partial charge on any atom is -0.502 e. The van der Waals surface area contributed by atoms with Crippen LogP contribution in [-0.2, 0) is 17.7 Å². The number of H-pyrrole nitrogens is 1. The van der Waals surface area contributed by atoms with Gasteiger partial charge in [0.2, 0.25) is 5.75 Å². The molecule has 1 aromatic heterocycles. The molecule has 2 aromatic carbocycles. The first-order valence-electron chi connectivity index (χ1n) is 11.0. The summed E-state index contributed by atoms with van der Waals surface area (Å²) in [4.78, 5) is 17.9. The van der Waals surface area contributed by atoms with Crippen molar-refractivity contribution in [3.05, 3.63) is 93.2 Å². The van der Waals surface area contributed by atoms with Crippen molar-refractivity contribution in [1.29, 1.82) is 0 Å². The number of hydrogen-bond acceptors (Lipinski definition) is 6. The Kier molecular flexibility index (Phi) is 7.53. The summed E-state index contributed by atoms with van der Waals surface area (Å²) in [6, 6.07) is 16.2. The second-order valence-electron chi connectivity index (χ2n) is 8.12. The number of rotatable bonds is 7. The molecule has 2 heterocycles. The van der Waals surface area contributed by atoms with Crippen molar-refractivity contribution in [3.8, 4) is 17.6 Å². The van der Waals surface area contributed by atoms with Crippen LogP contribution in [0.4, 0.5) is 0 Å². The Morgan fingerprint density at radius 1 is 1.12 bits per heavy atom. The van der Waals surface area contributed by atoms with E-state index in [1.807, 2.05) is 36.4 Å². The summed E-state index contributed by atoms with van der Waals surface area (Å²) in [6.07, 6.45) is 2.57. The van der Waals surface area contributed by atoms with Crippen molar-refractivity contribution in [1.82, 2.24) is 15.3 Å². The lowest BCUT2D eigenvalue weighted by molar-refractivity contribution is 0.190. The van der Waals surface area contributed by atoms with Crippen LogP contribution in [0.5, 0.6) is 5.75 Å². The summed E-state index contributed by atoms with van der Waals surface area (Å²) in [5, 5.41) is 23.2. The SMILES string of the molecule is O=c1[nH]cnc(CC(CO)c2ccc(C#Cc3ccc(CN[C@@H]4CCOC4)cc3)cc2)c1O. The first-order chi connectivity index (χ1) is 16.1. The van der Waals surface area contributed by atoms with Gasteiger partial charge >= 0.3 is 0 Å². The average molecular weight is 446 g/mol. The van der Waals surface area contributed by atoms with E-state index in [2.05, 4.69) is 39.3 Å². The second kappa shape index (κ2) is 10.9. The molecule has 0 amide bonds. The standard InChI is InChI=1S/C26H27N3O4/c30-15-22(13-24-25(31)26(32)29-17-28-24)21-9-7-19(8-10-21)2-1-18-3-5-20(6-4-18)14-27-23-11-12-33-16-23/h3-10,17,22-23,27,30-31H,11-16H2,(H,28,29,32)/t22?,23-/m1/s1. The highest BCUT2D eigenvalue weighted by atomic mass is 16.5. The van der Waals surface area contributed by atoms with Crippen molar-refractivity contribution >= 4 is 0 Å². The Bertz CT molecular complexity index is 1170. The van der Waals surface area contributed by atoms with Gasteiger partial charge in [0, 0.05) is 42.7 Å². The van der Waals surface area contributed by atoms with Crippen molar-refractivity contribution in [2.24, 2.45) is 0 Å². The number of aliphatic hydroxyl groups excluding tert-OH is 1. The molecule has 0 spiro atoms. The van der Waals surface area contributed by atoms with Crippen LogP contribution < -0.4 is 10.9 Å². The summed E-state index contributed by atoms with van der Waals surface area (Å²) >= 11 is 0. The molecule has 1 saturated heterocycles. The summed E-state index contributed by atoms with van der Waals surface area (Å²) in [7, 11) is 0. The molecule has 0 bridgehead atoms. The van der Waals surface area contributed by atoms with Gasteiger partial charge in [-0.15, -0.1) is 0 Å². The van der Waals surface area contributed by atoms with Gasteiger partial charge in [0.1, 0.15) is 0 Å². The Labute approximate surface area is 192 Å². The highest BCUT2D eigenvalue weighted by Crippen LogP contribution is 2.22. The van der Waals surface area contributed by atoms with E-state index in [1.54, 1.807) is 0 Å². The molecule has 3 aromatic rings. The molecule has 0 radical (unpaired) electrons. The van der Waals surface area contributed by atoms with E-state index in [0.717, 1.165) is 42.9 Å². The largest absolute Gasteiger partial charge is 0.502 e. The molecule has 7 heteroatoms. The van der Waals surface area contributed by atoms with Gasteiger partial charge in [0.15, 0.2) is 0 Å². The van der Waals surface area contributed by atoms with Crippen molar-refractivity contribution in [3.63, 3.8) is 0 Å². The number of benzene rings is 2. The molecule has 7 nitrogen and oxygen atoms in total. The fourth-order valence-corrected chi connectivity index (χ4v) is 3.75. The van der Waals surface area contributed by atoms with E-state index in [4.69, 9.17) is 4.74 Å². The van der Waals surface area contributed by atoms with E-state index < -0.39 is 11.3 Å². The van der Waals surface area contributed by atoms with E-state index in [0.29, 0.717) is 6.04 Å². The maximum atomic E-state index is 11.6. The molecule has 2 atom stereocenters. The number of hydrogen-bond donors (Lipinski definition) is 4. The fraction of sp³-hybridized carbons (Fsp3) is 0.308. The maximum absolute atomic E-state index is 11.6. The molecule has 1 fully saturated rings. The molecule has 4 N–H and O–H groups in total. The zero-order chi connectivity index (χ0) is 23.0. The first kappa shape index (κ1) is 22.7. The number of aromatic hydroxyl groups is 1. The molecule has 1 aliphatic rings. The number of aliphatic hydroxyl groups is 1. The van der Waals surface area contributed by atoms with E-state index in [-0.39, 0.29) is 24.6 Å². The molecule has 4 rings (SSSR count). The molecular weight excluding hydrogens is 418 g/mol. The Morgan fingerprint density at radius 2 is 1.82 bits per heavy atom. The van der Waals surface area contributed by atoms with Crippen molar-refractivity contribution in [2.75, 3.05) is 19.8 Å². The maximum Gasteiger partial charge on any atom is 0.293 e. The molecule has 1 unspecified atom stereocenters. The Morgan fingerprint density at radius 3 is 2.45 bits per heavy atom. The molecule has 33 heavy (non-hydrogen) atoms. The van der Waals surface area contributed by atoms with E-state index in [1.165, 1.54) is 11.9 Å². The first-order valence-corrected chi connectivity index (χ1v) is 11.0. The predicted octanol–water partition coefficient (Wildman–Crippen LogP) is 2.07. The Hall–Kier alpha value is -3.44. The highest BCUT2D eigenvalue weighted by Gasteiger charge is 2.16. The lowest BCUT2D eigenvalue weighted by Crippen LogP contribution is -2.28. The minimum absolute atomic E-state index is 0.131. The van der Waals surface area contributed by atoms with Gasteiger partial charge in [0.05, 0.1) is 25.2 Å². The van der Waals surface area contributed by atoms with Gasteiger partial charge in [-0.05, 0) is 41.8 Å². The third-order valence-corrected chi connectivity index (χ3v) is 5.78. The third-order valence-electron chi connectivity index (χ3n) is 5.78. The smallest absolute Gasteiger partial charge is 0.293 e. The lowest BCUT2D eigenvalue weighted by Gasteiger charge is -2.14. The van der Waals surface area contributed by atoms with Crippen LogP contribution in [0.1, 0.15) is 40.3 Å². The zero-order valence-electron chi connectivity index (χ0n) is 18.3. The molecule has 0 aliphatic carbocycles. The van der Waals surface area contributed by atoms with Crippen LogP contribution in [0.15, 0.2) is 59.7 Å². The zero-order valence-corrected chi connectivity index (χ0v) is 18.3. The van der Waals surface area contributed by atoms with Crippen molar-refractivity contribution < 1.29 is 14.9 Å². The number of aromatic nitrogens is 2. The topological polar surface area (TPSA) is 107 Å². The van der Waals surface area contributed by atoms with Gasteiger partial charge < -0.3 is 25.3 Å². The Balaban J connectivity index is 1.37. The lowest BCUT2D eigenvalue weighted by atomic mass is 9.94. The molecule has 170 valence electrons. The number of nitrogens with one attached hydrogen (secondary N) is 2. The molecular formula is C26H27N3O4. The average Bonchev–Trinajstić information content (AvgIpc) is 3.37. The highest BCUT2D eigenvalue weighted by molar-refractivity contribution is 5.44. The fourth-order valence-electron chi connectivity index (χ4n) is 3.75. The van der Waals surface area contributed by atoms with E-state index in [9.17, 15) is 15.0 Å². The predicted molar refractivity (Wildman–Crippen MR) is 125 cm³/mol. The quantitative estimate of drug-likeness (QED) is 0.415. The summed E-state index contributed by atoms with van der Waals surface area (Å²) in [5.74, 6) is 5.65.